The number of anilines is 1. The fraction of sp³-hybridized carbons (Fsp3) is 0. The summed E-state index contributed by atoms with van der Waals surface area (Å²) in [5.74, 6) is -0.656. The van der Waals surface area contributed by atoms with Gasteiger partial charge in [0.1, 0.15) is 5.82 Å². The zero-order valence-electron chi connectivity index (χ0n) is 11.1. The molecule has 6 heteroatoms. The summed E-state index contributed by atoms with van der Waals surface area (Å²) in [5.41, 5.74) is 0.959. The zero-order valence-corrected chi connectivity index (χ0v) is 13.5. The Labute approximate surface area is 141 Å². The van der Waals surface area contributed by atoms with Crippen LogP contribution < -0.4 is 4.90 Å². The Bertz CT molecular complexity index is 806. The fourth-order valence-corrected chi connectivity index (χ4v) is 3.51. The highest BCUT2D eigenvalue weighted by Crippen LogP contribution is 2.36. The first-order valence-corrected chi connectivity index (χ1v) is 7.94. The standard InChI is InChI=1S/C16H9ClFNOS2/c17-11-5-3-6-12(9-11)19-15(20)14(22-16(19)21)8-10-4-1-2-7-13(10)18/h1-9H/b14-8+. The lowest BCUT2D eigenvalue weighted by atomic mass is 10.2. The van der Waals surface area contributed by atoms with Gasteiger partial charge in [-0.1, -0.05) is 59.8 Å². The van der Waals surface area contributed by atoms with Crippen LogP contribution in [0.1, 0.15) is 5.56 Å². The van der Waals surface area contributed by atoms with Crippen molar-refractivity contribution in [2.24, 2.45) is 0 Å². The third kappa shape index (κ3) is 2.92. The van der Waals surface area contributed by atoms with E-state index in [9.17, 15) is 9.18 Å². The summed E-state index contributed by atoms with van der Waals surface area (Å²) in [4.78, 5) is 14.3. The molecule has 2 nitrogen and oxygen atoms in total. The molecular formula is C16H9ClFNOS2. The molecule has 0 aromatic heterocycles. The number of nitrogens with zero attached hydrogens (tertiary/aromatic N) is 1. The Morgan fingerprint density at radius 1 is 1.18 bits per heavy atom. The third-order valence-electron chi connectivity index (χ3n) is 3.05. The van der Waals surface area contributed by atoms with E-state index in [0.29, 0.717) is 25.5 Å². The maximum absolute atomic E-state index is 13.7. The van der Waals surface area contributed by atoms with Gasteiger partial charge in [0.2, 0.25) is 0 Å². The average Bonchev–Trinajstić information content (AvgIpc) is 2.76. The minimum Gasteiger partial charge on any atom is -0.268 e. The molecule has 1 saturated heterocycles. The Kier molecular flexibility index (Phi) is 4.29. The smallest absolute Gasteiger partial charge is 0.268 e. The number of hydrogen-bond donors (Lipinski definition) is 0. The Morgan fingerprint density at radius 2 is 1.95 bits per heavy atom. The molecule has 1 amide bonds. The van der Waals surface area contributed by atoms with Crippen molar-refractivity contribution in [3.63, 3.8) is 0 Å². The first-order valence-electron chi connectivity index (χ1n) is 6.34. The molecule has 2 aromatic rings. The molecule has 110 valence electrons. The van der Waals surface area contributed by atoms with Crippen LogP contribution >= 0.6 is 35.6 Å². The van der Waals surface area contributed by atoms with E-state index in [4.69, 9.17) is 23.8 Å². The van der Waals surface area contributed by atoms with Crippen molar-refractivity contribution < 1.29 is 9.18 Å². The molecule has 0 bridgehead atoms. The summed E-state index contributed by atoms with van der Waals surface area (Å²) in [6.07, 6.45) is 1.51. The minimum atomic E-state index is -0.379. The molecule has 0 aliphatic carbocycles. The van der Waals surface area contributed by atoms with Gasteiger partial charge in [-0.15, -0.1) is 0 Å². The van der Waals surface area contributed by atoms with Gasteiger partial charge in [-0.25, -0.2) is 4.39 Å². The first kappa shape index (κ1) is 15.2. The van der Waals surface area contributed by atoms with Crippen molar-refractivity contribution in [3.8, 4) is 0 Å². The Morgan fingerprint density at radius 3 is 2.68 bits per heavy atom. The van der Waals surface area contributed by atoms with Crippen LogP contribution in [0.25, 0.3) is 6.08 Å². The van der Waals surface area contributed by atoms with Gasteiger partial charge in [0, 0.05) is 10.6 Å². The predicted octanol–water partition coefficient (Wildman–Crippen LogP) is 4.88. The van der Waals surface area contributed by atoms with Crippen molar-refractivity contribution >= 4 is 57.6 Å². The highest BCUT2D eigenvalue weighted by atomic mass is 35.5. The Balaban J connectivity index is 1.97. The molecule has 1 aliphatic heterocycles. The fourth-order valence-electron chi connectivity index (χ4n) is 2.04. The molecule has 1 heterocycles. The monoisotopic (exact) mass is 349 g/mol. The number of thiocarbonyl (C=S) groups is 1. The molecule has 1 aliphatic rings. The molecule has 3 rings (SSSR count). The molecule has 0 unspecified atom stereocenters. The summed E-state index contributed by atoms with van der Waals surface area (Å²) >= 11 is 12.4. The zero-order chi connectivity index (χ0) is 15.7. The predicted molar refractivity (Wildman–Crippen MR) is 93.5 cm³/mol. The van der Waals surface area contributed by atoms with Gasteiger partial charge < -0.3 is 0 Å². The third-order valence-corrected chi connectivity index (χ3v) is 4.59. The molecule has 0 atom stereocenters. The van der Waals surface area contributed by atoms with Crippen LogP contribution in [-0.2, 0) is 4.79 Å². The average molecular weight is 350 g/mol. The summed E-state index contributed by atoms with van der Waals surface area (Å²) < 4.78 is 14.1. The van der Waals surface area contributed by atoms with Gasteiger partial charge in [0.25, 0.3) is 5.91 Å². The second-order valence-corrected chi connectivity index (χ2v) is 6.63. The van der Waals surface area contributed by atoms with E-state index >= 15 is 0 Å². The number of carbonyl (C=O) groups excluding carboxylic acids is 1. The maximum Gasteiger partial charge on any atom is 0.270 e. The molecule has 0 radical (unpaired) electrons. The first-order chi connectivity index (χ1) is 10.6. The van der Waals surface area contributed by atoms with Gasteiger partial charge in [-0.2, -0.15) is 0 Å². The molecule has 0 spiro atoms. The van der Waals surface area contributed by atoms with E-state index in [1.54, 1.807) is 42.5 Å². The van der Waals surface area contributed by atoms with Crippen LogP contribution in [0.2, 0.25) is 5.02 Å². The summed E-state index contributed by atoms with van der Waals surface area (Å²) in [7, 11) is 0. The van der Waals surface area contributed by atoms with Crippen LogP contribution in [0, 0.1) is 5.82 Å². The van der Waals surface area contributed by atoms with E-state index < -0.39 is 0 Å². The largest absolute Gasteiger partial charge is 0.270 e. The van der Waals surface area contributed by atoms with Crippen molar-refractivity contribution in [1.29, 1.82) is 0 Å². The second kappa shape index (κ2) is 6.20. The van der Waals surface area contributed by atoms with Crippen molar-refractivity contribution in [2.75, 3.05) is 4.90 Å². The second-order valence-electron chi connectivity index (χ2n) is 4.52. The molecule has 0 N–H and O–H groups in total. The topological polar surface area (TPSA) is 20.3 Å². The Hall–Kier alpha value is -1.69. The SMILES string of the molecule is O=C1/C(=C\c2ccccc2F)SC(=S)N1c1cccc(Cl)c1. The normalized spacial score (nSPS) is 16.6. The van der Waals surface area contributed by atoms with Gasteiger partial charge in [0.15, 0.2) is 4.32 Å². The lowest BCUT2D eigenvalue weighted by molar-refractivity contribution is -0.113. The minimum absolute atomic E-state index is 0.277. The molecule has 0 saturated carbocycles. The summed E-state index contributed by atoms with van der Waals surface area (Å²) in [6, 6.07) is 13.2. The van der Waals surface area contributed by atoms with Crippen molar-refractivity contribution in [2.45, 2.75) is 0 Å². The number of benzene rings is 2. The van der Waals surface area contributed by atoms with E-state index in [2.05, 4.69) is 0 Å². The van der Waals surface area contributed by atoms with Gasteiger partial charge in [0.05, 0.1) is 10.6 Å². The number of carbonyl (C=O) groups is 1. The number of hydrogen-bond acceptors (Lipinski definition) is 3. The van der Waals surface area contributed by atoms with Crippen LogP contribution in [0.15, 0.2) is 53.4 Å². The van der Waals surface area contributed by atoms with Crippen LogP contribution in [0.5, 0.6) is 0 Å². The lowest BCUT2D eigenvalue weighted by Gasteiger charge is -2.14. The number of amides is 1. The highest BCUT2D eigenvalue weighted by Gasteiger charge is 2.33. The summed E-state index contributed by atoms with van der Waals surface area (Å²) in [5, 5.41) is 0.518. The van der Waals surface area contributed by atoms with E-state index in [1.807, 2.05) is 0 Å². The van der Waals surface area contributed by atoms with Crippen molar-refractivity contribution in [3.05, 3.63) is 69.8 Å². The van der Waals surface area contributed by atoms with Gasteiger partial charge in [-0.05, 0) is 30.3 Å². The molecular weight excluding hydrogens is 341 g/mol. The highest BCUT2D eigenvalue weighted by molar-refractivity contribution is 8.27. The molecule has 1 fully saturated rings. The quantitative estimate of drug-likeness (QED) is 0.569. The number of halogens is 2. The lowest BCUT2D eigenvalue weighted by Crippen LogP contribution is -2.27. The van der Waals surface area contributed by atoms with Gasteiger partial charge >= 0.3 is 0 Å². The van der Waals surface area contributed by atoms with E-state index in [1.165, 1.54) is 17.0 Å². The number of rotatable bonds is 2. The molecule has 2 aromatic carbocycles. The number of thioether (sulfide) groups is 1. The van der Waals surface area contributed by atoms with Crippen LogP contribution in [0.4, 0.5) is 10.1 Å². The van der Waals surface area contributed by atoms with Crippen LogP contribution in [-0.4, -0.2) is 10.2 Å². The maximum atomic E-state index is 13.7. The van der Waals surface area contributed by atoms with E-state index in [-0.39, 0.29) is 11.7 Å². The van der Waals surface area contributed by atoms with Crippen molar-refractivity contribution in [1.82, 2.24) is 0 Å². The molecule has 22 heavy (non-hydrogen) atoms. The van der Waals surface area contributed by atoms with Crippen LogP contribution in [0.3, 0.4) is 0 Å². The van der Waals surface area contributed by atoms with Gasteiger partial charge in [-0.3, -0.25) is 9.69 Å². The summed E-state index contributed by atoms with van der Waals surface area (Å²) in [6.45, 7) is 0. The van der Waals surface area contributed by atoms with E-state index in [0.717, 1.165) is 11.8 Å².